The van der Waals surface area contributed by atoms with Gasteiger partial charge in [-0.2, -0.15) is 4.98 Å². The number of aromatic nitrogens is 1. The molecule has 3 rings (SSSR count). The van der Waals surface area contributed by atoms with Gasteiger partial charge in [0.05, 0.1) is 0 Å². The molecule has 0 N–H and O–H groups in total. The summed E-state index contributed by atoms with van der Waals surface area (Å²) in [7, 11) is 0. The van der Waals surface area contributed by atoms with E-state index in [-0.39, 0.29) is 5.35 Å². The average Bonchev–Trinajstić information content (AvgIpc) is 2.77. The number of hydrogen-bond donors (Lipinski definition) is 0. The fourth-order valence-corrected chi connectivity index (χ4v) is 1.88. The van der Waals surface area contributed by atoms with Crippen molar-refractivity contribution in [3.8, 4) is 5.75 Å². The summed E-state index contributed by atoms with van der Waals surface area (Å²) in [6, 6.07) is 15.4. The highest BCUT2D eigenvalue weighted by Gasteiger charge is 2.05. The molecule has 0 aliphatic heterocycles. The second kappa shape index (κ2) is 4.70. The van der Waals surface area contributed by atoms with Crippen molar-refractivity contribution < 1.29 is 9.15 Å². The molecule has 0 amide bonds. The Kier molecular flexibility index (Phi) is 2.90. The summed E-state index contributed by atoms with van der Waals surface area (Å²) in [6.07, 6.45) is 0. The maximum Gasteiger partial charge on any atom is 0.293 e. The van der Waals surface area contributed by atoms with Gasteiger partial charge in [-0.25, -0.2) is 0 Å². The van der Waals surface area contributed by atoms with Crippen molar-refractivity contribution in [1.82, 2.24) is 4.98 Å². The third-order valence-corrected chi connectivity index (χ3v) is 2.74. The third kappa shape index (κ3) is 2.31. The van der Waals surface area contributed by atoms with Crippen molar-refractivity contribution in [3.05, 3.63) is 59.4 Å². The first kappa shape index (κ1) is 11.1. The van der Waals surface area contributed by atoms with Crippen molar-refractivity contribution in [3.63, 3.8) is 0 Å². The molecule has 0 spiro atoms. The molecule has 0 radical (unpaired) electrons. The topological polar surface area (TPSA) is 35.3 Å². The first-order valence-electron chi connectivity index (χ1n) is 5.54. The highest BCUT2D eigenvalue weighted by molar-refractivity contribution is 6.28. The predicted molar refractivity (Wildman–Crippen MR) is 69.8 cm³/mol. The highest BCUT2D eigenvalue weighted by Crippen LogP contribution is 2.24. The first-order valence-corrected chi connectivity index (χ1v) is 5.92. The monoisotopic (exact) mass is 259 g/mol. The van der Waals surface area contributed by atoms with Gasteiger partial charge in [0.15, 0.2) is 5.58 Å². The van der Waals surface area contributed by atoms with Gasteiger partial charge in [0.1, 0.15) is 17.9 Å². The van der Waals surface area contributed by atoms with E-state index in [2.05, 4.69) is 4.98 Å². The van der Waals surface area contributed by atoms with Crippen molar-refractivity contribution in [2.24, 2.45) is 0 Å². The van der Waals surface area contributed by atoms with Gasteiger partial charge in [-0.15, -0.1) is 0 Å². The van der Waals surface area contributed by atoms with E-state index in [1.165, 1.54) is 0 Å². The van der Waals surface area contributed by atoms with Crippen LogP contribution in [-0.4, -0.2) is 4.98 Å². The molecule has 90 valence electrons. The Morgan fingerprint density at radius 1 is 1.11 bits per heavy atom. The lowest BCUT2D eigenvalue weighted by Gasteiger charge is -2.05. The SMILES string of the molecule is Clc1nc2ccc(OCc3ccccc3)cc2o1. The minimum atomic E-state index is 0.144. The molecule has 3 nitrogen and oxygen atoms in total. The molecule has 0 fully saturated rings. The summed E-state index contributed by atoms with van der Waals surface area (Å²) in [4.78, 5) is 4.02. The van der Waals surface area contributed by atoms with Gasteiger partial charge in [-0.05, 0) is 29.3 Å². The van der Waals surface area contributed by atoms with Gasteiger partial charge in [0.2, 0.25) is 0 Å². The second-order valence-electron chi connectivity index (χ2n) is 3.87. The van der Waals surface area contributed by atoms with Crippen molar-refractivity contribution in [2.45, 2.75) is 6.61 Å². The lowest BCUT2D eigenvalue weighted by molar-refractivity contribution is 0.306. The Morgan fingerprint density at radius 3 is 2.78 bits per heavy atom. The summed E-state index contributed by atoms with van der Waals surface area (Å²) in [6.45, 7) is 0.522. The Bertz CT molecular complexity index is 664. The van der Waals surface area contributed by atoms with Gasteiger partial charge in [-0.1, -0.05) is 30.3 Å². The summed E-state index contributed by atoms with van der Waals surface area (Å²) in [5, 5.41) is 0.144. The standard InChI is InChI=1S/C14H10ClNO2/c15-14-16-12-7-6-11(8-13(12)18-14)17-9-10-4-2-1-3-5-10/h1-8H,9H2. The molecule has 0 bridgehead atoms. The van der Waals surface area contributed by atoms with Crippen LogP contribution in [-0.2, 0) is 6.61 Å². The first-order chi connectivity index (χ1) is 8.81. The fourth-order valence-electron chi connectivity index (χ4n) is 1.71. The summed E-state index contributed by atoms with van der Waals surface area (Å²) >= 11 is 5.69. The van der Waals surface area contributed by atoms with E-state index < -0.39 is 0 Å². The van der Waals surface area contributed by atoms with Crippen LogP contribution < -0.4 is 4.74 Å². The van der Waals surface area contributed by atoms with Crippen LogP contribution in [0, 0.1) is 0 Å². The molecule has 0 unspecified atom stereocenters. The van der Waals surface area contributed by atoms with Crippen LogP contribution in [0.25, 0.3) is 11.1 Å². The van der Waals surface area contributed by atoms with Crippen LogP contribution in [0.2, 0.25) is 5.35 Å². The smallest absolute Gasteiger partial charge is 0.293 e. The van der Waals surface area contributed by atoms with Crippen molar-refractivity contribution in [2.75, 3.05) is 0 Å². The Morgan fingerprint density at radius 2 is 1.94 bits per heavy atom. The van der Waals surface area contributed by atoms with E-state index >= 15 is 0 Å². The van der Waals surface area contributed by atoms with Crippen LogP contribution in [0.3, 0.4) is 0 Å². The summed E-state index contributed by atoms with van der Waals surface area (Å²) < 4.78 is 10.9. The molecule has 3 aromatic rings. The second-order valence-corrected chi connectivity index (χ2v) is 4.19. The molecule has 1 aromatic heterocycles. The van der Waals surface area contributed by atoms with Gasteiger partial charge in [0, 0.05) is 6.07 Å². The number of fused-ring (bicyclic) bond motifs is 1. The predicted octanol–water partition coefficient (Wildman–Crippen LogP) is 4.06. The third-order valence-electron chi connectivity index (χ3n) is 2.58. The molecule has 4 heteroatoms. The molecule has 18 heavy (non-hydrogen) atoms. The van der Waals surface area contributed by atoms with E-state index in [9.17, 15) is 0 Å². The molecule has 0 atom stereocenters. The van der Waals surface area contributed by atoms with Gasteiger partial charge in [-0.3, -0.25) is 0 Å². The molecular formula is C14H10ClNO2. The maximum absolute atomic E-state index is 5.69. The zero-order chi connectivity index (χ0) is 12.4. The molecule has 1 heterocycles. The number of oxazole rings is 1. The van der Waals surface area contributed by atoms with Gasteiger partial charge < -0.3 is 9.15 Å². The molecule has 0 aliphatic rings. The lowest BCUT2D eigenvalue weighted by Crippen LogP contribution is -1.94. The number of halogens is 1. The zero-order valence-corrected chi connectivity index (χ0v) is 10.2. The number of rotatable bonds is 3. The molecule has 0 saturated heterocycles. The number of nitrogens with zero attached hydrogens (tertiary/aromatic N) is 1. The molecule has 0 saturated carbocycles. The largest absolute Gasteiger partial charge is 0.489 e. The van der Waals surface area contributed by atoms with Crippen LogP contribution in [0.5, 0.6) is 5.75 Å². The Balaban J connectivity index is 1.78. The number of benzene rings is 2. The van der Waals surface area contributed by atoms with Crippen LogP contribution in [0.1, 0.15) is 5.56 Å². The minimum Gasteiger partial charge on any atom is -0.489 e. The Labute approximate surface area is 109 Å². The van der Waals surface area contributed by atoms with Crippen molar-refractivity contribution >= 4 is 22.7 Å². The van der Waals surface area contributed by atoms with E-state index in [1.807, 2.05) is 42.5 Å². The molecule has 2 aromatic carbocycles. The molecular weight excluding hydrogens is 250 g/mol. The highest BCUT2D eigenvalue weighted by atomic mass is 35.5. The van der Waals surface area contributed by atoms with Crippen LogP contribution >= 0.6 is 11.6 Å². The number of hydrogen-bond acceptors (Lipinski definition) is 3. The zero-order valence-electron chi connectivity index (χ0n) is 9.47. The van der Waals surface area contributed by atoms with Gasteiger partial charge in [0.25, 0.3) is 5.35 Å². The normalized spacial score (nSPS) is 10.7. The van der Waals surface area contributed by atoms with E-state index in [0.29, 0.717) is 12.2 Å². The molecule has 0 aliphatic carbocycles. The summed E-state index contributed by atoms with van der Waals surface area (Å²) in [5.74, 6) is 0.735. The van der Waals surface area contributed by atoms with Gasteiger partial charge >= 0.3 is 0 Å². The van der Waals surface area contributed by atoms with E-state index in [1.54, 1.807) is 6.07 Å². The fraction of sp³-hybridized carbons (Fsp3) is 0.0714. The van der Waals surface area contributed by atoms with E-state index in [4.69, 9.17) is 20.8 Å². The Hall–Kier alpha value is -2.00. The quantitative estimate of drug-likeness (QED) is 0.711. The number of ether oxygens (including phenoxy) is 1. The summed E-state index contributed by atoms with van der Waals surface area (Å²) in [5.41, 5.74) is 2.48. The lowest BCUT2D eigenvalue weighted by atomic mass is 10.2. The van der Waals surface area contributed by atoms with Crippen LogP contribution in [0.15, 0.2) is 52.9 Å². The van der Waals surface area contributed by atoms with Crippen LogP contribution in [0.4, 0.5) is 0 Å². The average molecular weight is 260 g/mol. The minimum absolute atomic E-state index is 0.144. The van der Waals surface area contributed by atoms with Crippen molar-refractivity contribution in [1.29, 1.82) is 0 Å². The van der Waals surface area contributed by atoms with E-state index in [0.717, 1.165) is 16.8 Å². The maximum atomic E-state index is 5.69.